The number of aromatic hydroxyl groups is 1. The fourth-order valence-corrected chi connectivity index (χ4v) is 1.45. The number of halogens is 1. The van der Waals surface area contributed by atoms with E-state index in [1.54, 1.807) is 36.4 Å². The molecule has 94 valence electrons. The van der Waals surface area contributed by atoms with Crippen LogP contribution in [0.3, 0.4) is 0 Å². The third-order valence-corrected chi connectivity index (χ3v) is 2.26. The number of rotatable bonds is 5. The zero-order valence-electron chi connectivity index (χ0n) is 9.67. The van der Waals surface area contributed by atoms with E-state index in [2.05, 4.69) is 0 Å². The summed E-state index contributed by atoms with van der Waals surface area (Å²) in [6, 6.07) is 12.7. The average molecular weight is 248 g/mol. The first-order chi connectivity index (χ1) is 8.75. The lowest BCUT2D eigenvalue weighted by Gasteiger charge is -2.08. The van der Waals surface area contributed by atoms with Crippen molar-refractivity contribution in [3.63, 3.8) is 0 Å². The Morgan fingerprint density at radius 3 is 2.50 bits per heavy atom. The summed E-state index contributed by atoms with van der Waals surface area (Å²) in [7, 11) is 0. The summed E-state index contributed by atoms with van der Waals surface area (Å²) in [5.74, 6) is 0.501. The largest absolute Gasteiger partial charge is 0.508 e. The lowest BCUT2D eigenvalue weighted by atomic mass is 10.3. The van der Waals surface area contributed by atoms with Crippen LogP contribution in [0, 0.1) is 5.82 Å². The highest BCUT2D eigenvalue weighted by Gasteiger charge is 2.01. The number of phenols is 1. The Balaban J connectivity index is 1.78. The fourth-order valence-electron chi connectivity index (χ4n) is 1.45. The molecule has 0 atom stereocenters. The first kappa shape index (κ1) is 12.2. The summed E-state index contributed by atoms with van der Waals surface area (Å²) >= 11 is 0. The van der Waals surface area contributed by atoms with Gasteiger partial charge in [-0.3, -0.25) is 0 Å². The molecule has 0 aliphatic carbocycles. The molecule has 2 aromatic rings. The van der Waals surface area contributed by atoms with Crippen molar-refractivity contribution in [3.05, 3.63) is 54.3 Å². The molecule has 0 aliphatic heterocycles. The molecule has 0 fully saturated rings. The molecule has 0 unspecified atom stereocenters. The van der Waals surface area contributed by atoms with Crippen LogP contribution in [0.5, 0.6) is 17.2 Å². The van der Waals surface area contributed by atoms with Crippen LogP contribution < -0.4 is 9.47 Å². The summed E-state index contributed by atoms with van der Waals surface area (Å²) in [5.41, 5.74) is 0. The second-order valence-corrected chi connectivity index (χ2v) is 3.62. The molecule has 2 rings (SSSR count). The molecular formula is C14H13FO3. The maximum atomic E-state index is 13.2. The summed E-state index contributed by atoms with van der Waals surface area (Å²) in [5, 5.41) is 9.22. The average Bonchev–Trinajstić information content (AvgIpc) is 2.37. The summed E-state index contributed by atoms with van der Waals surface area (Å²) in [6.45, 7) is 0.508. The molecule has 0 radical (unpaired) electrons. The highest BCUT2D eigenvalue weighted by molar-refractivity contribution is 5.31. The predicted octanol–water partition coefficient (Wildman–Crippen LogP) is 2.99. The second kappa shape index (κ2) is 5.91. The third kappa shape index (κ3) is 3.38. The smallest absolute Gasteiger partial charge is 0.165 e. The molecule has 1 N–H and O–H groups in total. The van der Waals surface area contributed by atoms with Crippen molar-refractivity contribution >= 4 is 0 Å². The number of hydrogen-bond acceptors (Lipinski definition) is 3. The molecule has 0 saturated heterocycles. The van der Waals surface area contributed by atoms with Gasteiger partial charge in [-0.15, -0.1) is 0 Å². The van der Waals surface area contributed by atoms with E-state index in [0.717, 1.165) is 0 Å². The van der Waals surface area contributed by atoms with Gasteiger partial charge in [0.05, 0.1) is 0 Å². The number of ether oxygens (including phenoxy) is 2. The van der Waals surface area contributed by atoms with E-state index in [0.29, 0.717) is 5.75 Å². The van der Waals surface area contributed by atoms with Gasteiger partial charge in [-0.25, -0.2) is 4.39 Å². The van der Waals surface area contributed by atoms with Gasteiger partial charge in [-0.1, -0.05) is 18.2 Å². The van der Waals surface area contributed by atoms with E-state index < -0.39 is 5.82 Å². The van der Waals surface area contributed by atoms with Crippen LogP contribution in [0.4, 0.5) is 4.39 Å². The summed E-state index contributed by atoms with van der Waals surface area (Å²) in [4.78, 5) is 0. The molecule has 0 heterocycles. The summed E-state index contributed by atoms with van der Waals surface area (Å²) in [6.07, 6.45) is 0. The minimum Gasteiger partial charge on any atom is -0.508 e. The van der Waals surface area contributed by atoms with Crippen molar-refractivity contribution in [1.82, 2.24) is 0 Å². The van der Waals surface area contributed by atoms with Crippen molar-refractivity contribution in [2.24, 2.45) is 0 Å². The van der Waals surface area contributed by atoms with Crippen molar-refractivity contribution in [3.8, 4) is 17.2 Å². The fraction of sp³-hybridized carbons (Fsp3) is 0.143. The molecule has 3 nitrogen and oxygen atoms in total. The standard InChI is InChI=1S/C14H13FO3/c15-13-6-1-2-7-14(13)18-9-8-17-12-5-3-4-11(16)10-12/h1-7,10,16H,8-9H2. The Hall–Kier alpha value is -2.23. The van der Waals surface area contributed by atoms with Gasteiger partial charge in [0, 0.05) is 6.07 Å². The monoisotopic (exact) mass is 248 g/mol. The minimum absolute atomic E-state index is 0.141. The lowest BCUT2D eigenvalue weighted by molar-refractivity contribution is 0.211. The number of para-hydroxylation sites is 1. The maximum absolute atomic E-state index is 13.2. The highest BCUT2D eigenvalue weighted by atomic mass is 19.1. The SMILES string of the molecule is Oc1cccc(OCCOc2ccccc2F)c1. The molecule has 0 aliphatic rings. The maximum Gasteiger partial charge on any atom is 0.165 e. The van der Waals surface area contributed by atoms with Gasteiger partial charge in [-0.2, -0.15) is 0 Å². The van der Waals surface area contributed by atoms with Gasteiger partial charge >= 0.3 is 0 Å². The van der Waals surface area contributed by atoms with Gasteiger partial charge in [-0.05, 0) is 24.3 Å². The minimum atomic E-state index is -0.394. The normalized spacial score (nSPS) is 10.1. The van der Waals surface area contributed by atoms with E-state index in [4.69, 9.17) is 9.47 Å². The Kier molecular flexibility index (Phi) is 4.02. The topological polar surface area (TPSA) is 38.7 Å². The van der Waals surface area contributed by atoms with Crippen LogP contribution in [0.2, 0.25) is 0 Å². The zero-order valence-corrected chi connectivity index (χ0v) is 9.67. The number of phenolic OH excluding ortho intramolecular Hbond substituents is 1. The second-order valence-electron chi connectivity index (χ2n) is 3.62. The molecule has 18 heavy (non-hydrogen) atoms. The van der Waals surface area contributed by atoms with Crippen LogP contribution in [0.15, 0.2) is 48.5 Å². The first-order valence-corrected chi connectivity index (χ1v) is 5.55. The van der Waals surface area contributed by atoms with E-state index in [9.17, 15) is 9.50 Å². The Labute approximate surface area is 104 Å². The molecule has 2 aromatic carbocycles. The number of hydrogen-bond donors (Lipinski definition) is 1. The van der Waals surface area contributed by atoms with Crippen molar-refractivity contribution in [1.29, 1.82) is 0 Å². The van der Waals surface area contributed by atoms with Gasteiger partial charge < -0.3 is 14.6 Å². The quantitative estimate of drug-likeness (QED) is 0.827. The van der Waals surface area contributed by atoms with E-state index in [1.807, 2.05) is 0 Å². The summed E-state index contributed by atoms with van der Waals surface area (Å²) < 4.78 is 23.8. The Morgan fingerprint density at radius 2 is 1.72 bits per heavy atom. The molecule has 0 bridgehead atoms. The van der Waals surface area contributed by atoms with Gasteiger partial charge in [0.2, 0.25) is 0 Å². The Morgan fingerprint density at radius 1 is 0.944 bits per heavy atom. The highest BCUT2D eigenvalue weighted by Crippen LogP contribution is 2.18. The number of benzene rings is 2. The van der Waals surface area contributed by atoms with Gasteiger partial charge in [0.15, 0.2) is 11.6 Å². The lowest BCUT2D eigenvalue weighted by Crippen LogP contribution is -2.09. The molecule has 0 aromatic heterocycles. The first-order valence-electron chi connectivity index (χ1n) is 5.55. The predicted molar refractivity (Wildman–Crippen MR) is 65.5 cm³/mol. The molecule has 0 amide bonds. The van der Waals surface area contributed by atoms with Gasteiger partial charge in [0.1, 0.15) is 24.7 Å². The zero-order chi connectivity index (χ0) is 12.8. The van der Waals surface area contributed by atoms with Crippen molar-refractivity contribution in [2.45, 2.75) is 0 Å². The Bertz CT molecular complexity index is 514. The van der Waals surface area contributed by atoms with Crippen LogP contribution in [-0.4, -0.2) is 18.3 Å². The van der Waals surface area contributed by atoms with Crippen LogP contribution in [0.25, 0.3) is 0 Å². The van der Waals surface area contributed by atoms with Crippen molar-refractivity contribution < 1.29 is 19.0 Å². The molecular weight excluding hydrogens is 235 g/mol. The molecule has 0 spiro atoms. The van der Waals surface area contributed by atoms with Gasteiger partial charge in [0.25, 0.3) is 0 Å². The van der Waals surface area contributed by atoms with E-state index >= 15 is 0 Å². The molecule has 0 saturated carbocycles. The van der Waals surface area contributed by atoms with Crippen LogP contribution in [-0.2, 0) is 0 Å². The van der Waals surface area contributed by atoms with Crippen LogP contribution in [0.1, 0.15) is 0 Å². The van der Waals surface area contributed by atoms with E-state index in [-0.39, 0.29) is 24.7 Å². The van der Waals surface area contributed by atoms with Crippen molar-refractivity contribution in [2.75, 3.05) is 13.2 Å². The van der Waals surface area contributed by atoms with Crippen LogP contribution >= 0.6 is 0 Å². The third-order valence-electron chi connectivity index (χ3n) is 2.26. The molecule has 4 heteroatoms. The van der Waals surface area contributed by atoms with E-state index in [1.165, 1.54) is 12.1 Å².